The molecule has 0 saturated carbocycles. The van der Waals surface area contributed by atoms with Crippen LogP contribution < -0.4 is 10.2 Å². The molecule has 0 aromatic heterocycles. The Labute approximate surface area is 148 Å². The Bertz CT molecular complexity index is 626. The van der Waals surface area contributed by atoms with E-state index in [0.717, 1.165) is 31.1 Å². The highest BCUT2D eigenvalue weighted by atomic mass is 16.3. The average molecular weight is 346 g/mol. The van der Waals surface area contributed by atoms with Crippen molar-refractivity contribution < 1.29 is 14.7 Å². The highest BCUT2D eigenvalue weighted by molar-refractivity contribution is 6.06. The van der Waals surface area contributed by atoms with E-state index in [1.54, 1.807) is 13.8 Å². The van der Waals surface area contributed by atoms with Crippen LogP contribution >= 0.6 is 0 Å². The van der Waals surface area contributed by atoms with E-state index in [1.165, 1.54) is 5.69 Å². The number of benzene rings is 1. The van der Waals surface area contributed by atoms with Gasteiger partial charge in [-0.1, -0.05) is 18.2 Å². The number of para-hydroxylation sites is 1. The first-order chi connectivity index (χ1) is 11.9. The van der Waals surface area contributed by atoms with Crippen LogP contribution in [0.2, 0.25) is 0 Å². The molecule has 0 spiro atoms. The second kappa shape index (κ2) is 7.01. The van der Waals surface area contributed by atoms with Crippen LogP contribution in [-0.4, -0.2) is 77.8 Å². The number of hydrogen-bond acceptors (Lipinski definition) is 5. The summed E-state index contributed by atoms with van der Waals surface area (Å²) in [5.74, 6) is -0.287. The van der Waals surface area contributed by atoms with Gasteiger partial charge >= 0.3 is 6.03 Å². The number of nitrogens with one attached hydrogen (secondary N) is 1. The Morgan fingerprint density at radius 2 is 1.72 bits per heavy atom. The van der Waals surface area contributed by atoms with E-state index in [4.69, 9.17) is 0 Å². The van der Waals surface area contributed by atoms with Crippen molar-refractivity contribution in [2.24, 2.45) is 0 Å². The summed E-state index contributed by atoms with van der Waals surface area (Å²) in [5, 5.41) is 13.0. The lowest BCUT2D eigenvalue weighted by atomic mass is 10.1. The summed E-state index contributed by atoms with van der Waals surface area (Å²) in [4.78, 5) is 29.7. The topological polar surface area (TPSA) is 76.1 Å². The molecule has 0 unspecified atom stereocenters. The maximum absolute atomic E-state index is 12.2. The molecular formula is C18H26N4O3. The number of amides is 3. The first-order valence-corrected chi connectivity index (χ1v) is 8.71. The summed E-state index contributed by atoms with van der Waals surface area (Å²) in [7, 11) is 0. The SMILES string of the molecule is CC1(C)NC(=O)N(C[C@@H](O)CN2CCN(c3ccccc3)CC2)C1=O. The number of aliphatic hydroxyl groups is 1. The average Bonchev–Trinajstić information content (AvgIpc) is 2.78. The van der Waals surface area contributed by atoms with Crippen LogP contribution in [0.15, 0.2) is 30.3 Å². The summed E-state index contributed by atoms with van der Waals surface area (Å²) in [6.07, 6.45) is -0.744. The van der Waals surface area contributed by atoms with Crippen LogP contribution in [0.3, 0.4) is 0 Å². The van der Waals surface area contributed by atoms with Crippen molar-refractivity contribution in [1.29, 1.82) is 0 Å². The van der Waals surface area contributed by atoms with Gasteiger partial charge in [-0.3, -0.25) is 14.6 Å². The third-order valence-corrected chi connectivity index (χ3v) is 4.80. The van der Waals surface area contributed by atoms with Gasteiger partial charge in [-0.15, -0.1) is 0 Å². The lowest BCUT2D eigenvalue weighted by Gasteiger charge is -2.37. The van der Waals surface area contributed by atoms with Gasteiger partial charge in [0.05, 0.1) is 12.6 Å². The Balaban J connectivity index is 1.48. The van der Waals surface area contributed by atoms with E-state index < -0.39 is 17.7 Å². The molecule has 136 valence electrons. The number of rotatable bonds is 5. The highest BCUT2D eigenvalue weighted by Gasteiger charge is 2.44. The molecule has 7 nitrogen and oxygen atoms in total. The predicted molar refractivity (Wildman–Crippen MR) is 95.4 cm³/mol. The van der Waals surface area contributed by atoms with Gasteiger partial charge in [0.15, 0.2) is 0 Å². The van der Waals surface area contributed by atoms with E-state index in [9.17, 15) is 14.7 Å². The zero-order chi connectivity index (χ0) is 18.0. The third kappa shape index (κ3) is 3.93. The molecule has 0 radical (unpaired) electrons. The lowest BCUT2D eigenvalue weighted by molar-refractivity contribution is -0.131. The largest absolute Gasteiger partial charge is 0.390 e. The number of piperazine rings is 1. The second-order valence-corrected chi connectivity index (χ2v) is 7.25. The molecule has 3 amide bonds. The molecule has 0 aliphatic carbocycles. The van der Waals surface area contributed by atoms with Crippen molar-refractivity contribution in [2.75, 3.05) is 44.2 Å². The summed E-state index contributed by atoms with van der Waals surface area (Å²) >= 11 is 0. The van der Waals surface area contributed by atoms with Gasteiger partial charge in [-0.25, -0.2) is 4.79 Å². The minimum Gasteiger partial charge on any atom is -0.390 e. The molecule has 2 fully saturated rings. The Hall–Kier alpha value is -2.12. The van der Waals surface area contributed by atoms with E-state index in [2.05, 4.69) is 27.2 Å². The van der Waals surface area contributed by atoms with Crippen molar-refractivity contribution in [3.05, 3.63) is 30.3 Å². The van der Waals surface area contributed by atoms with Gasteiger partial charge in [-0.2, -0.15) is 0 Å². The normalized spacial score (nSPS) is 22.2. The van der Waals surface area contributed by atoms with E-state index in [0.29, 0.717) is 6.54 Å². The molecule has 1 aromatic carbocycles. The van der Waals surface area contributed by atoms with Crippen LogP contribution in [-0.2, 0) is 4.79 Å². The first kappa shape index (κ1) is 17.7. The van der Waals surface area contributed by atoms with E-state index in [1.807, 2.05) is 18.2 Å². The van der Waals surface area contributed by atoms with Crippen LogP contribution in [0.5, 0.6) is 0 Å². The maximum Gasteiger partial charge on any atom is 0.325 e. The predicted octanol–water partition coefficient (Wildman–Crippen LogP) is 0.500. The molecule has 2 N–H and O–H groups in total. The fraction of sp³-hybridized carbons (Fsp3) is 0.556. The molecule has 25 heavy (non-hydrogen) atoms. The number of imide groups is 1. The molecular weight excluding hydrogens is 320 g/mol. The molecule has 2 heterocycles. The van der Waals surface area contributed by atoms with Crippen molar-refractivity contribution in [2.45, 2.75) is 25.5 Å². The lowest BCUT2D eigenvalue weighted by Crippen LogP contribution is -2.50. The fourth-order valence-corrected chi connectivity index (χ4v) is 3.38. The number of urea groups is 1. The third-order valence-electron chi connectivity index (χ3n) is 4.80. The van der Waals surface area contributed by atoms with Gasteiger partial charge in [0.2, 0.25) is 0 Å². The monoisotopic (exact) mass is 346 g/mol. The van der Waals surface area contributed by atoms with Crippen molar-refractivity contribution in [3.8, 4) is 0 Å². The van der Waals surface area contributed by atoms with Crippen LogP contribution in [0.1, 0.15) is 13.8 Å². The maximum atomic E-state index is 12.2. The highest BCUT2D eigenvalue weighted by Crippen LogP contribution is 2.18. The zero-order valence-corrected chi connectivity index (χ0v) is 14.8. The van der Waals surface area contributed by atoms with E-state index in [-0.39, 0.29) is 12.5 Å². The molecule has 7 heteroatoms. The van der Waals surface area contributed by atoms with Gasteiger partial charge in [0.1, 0.15) is 5.54 Å². The van der Waals surface area contributed by atoms with Crippen LogP contribution in [0.4, 0.5) is 10.5 Å². The van der Waals surface area contributed by atoms with Crippen LogP contribution in [0.25, 0.3) is 0 Å². The molecule has 1 atom stereocenters. The summed E-state index contributed by atoms with van der Waals surface area (Å²) < 4.78 is 0. The number of β-amino-alcohol motifs (C(OH)–C–C–N with tert-alkyl or cyclic N) is 1. The Morgan fingerprint density at radius 3 is 2.28 bits per heavy atom. The number of carbonyl (C=O) groups is 2. The minimum atomic E-state index is -0.891. The standard InChI is InChI=1S/C18H26N4O3/c1-18(2)16(24)22(17(25)19-18)13-15(23)12-20-8-10-21(11-9-20)14-6-4-3-5-7-14/h3-7,15,23H,8-13H2,1-2H3,(H,19,25)/t15-/m0/s1. The van der Waals surface area contributed by atoms with Crippen LogP contribution in [0, 0.1) is 0 Å². The van der Waals surface area contributed by atoms with Gasteiger partial charge in [-0.05, 0) is 26.0 Å². The van der Waals surface area contributed by atoms with Crippen molar-refractivity contribution in [1.82, 2.24) is 15.1 Å². The molecule has 2 aliphatic rings. The number of nitrogens with zero attached hydrogens (tertiary/aromatic N) is 3. The summed E-state index contributed by atoms with van der Waals surface area (Å²) in [6.45, 7) is 7.31. The number of carbonyl (C=O) groups excluding carboxylic acids is 2. The Morgan fingerprint density at radius 1 is 1.08 bits per heavy atom. The van der Waals surface area contributed by atoms with E-state index >= 15 is 0 Å². The number of hydrogen-bond donors (Lipinski definition) is 2. The molecule has 0 bridgehead atoms. The zero-order valence-electron chi connectivity index (χ0n) is 14.8. The molecule has 2 aliphatic heterocycles. The molecule has 1 aromatic rings. The summed E-state index contributed by atoms with van der Waals surface area (Å²) in [5.41, 5.74) is 0.322. The molecule has 3 rings (SSSR count). The quantitative estimate of drug-likeness (QED) is 0.760. The second-order valence-electron chi connectivity index (χ2n) is 7.25. The Kier molecular flexibility index (Phi) is 4.96. The summed E-state index contributed by atoms with van der Waals surface area (Å²) in [6, 6.07) is 9.85. The van der Waals surface area contributed by atoms with Crippen molar-refractivity contribution in [3.63, 3.8) is 0 Å². The molecule has 2 saturated heterocycles. The fourth-order valence-electron chi connectivity index (χ4n) is 3.38. The smallest absolute Gasteiger partial charge is 0.325 e. The van der Waals surface area contributed by atoms with Gasteiger partial charge in [0, 0.05) is 38.4 Å². The first-order valence-electron chi connectivity index (χ1n) is 8.71. The number of anilines is 1. The van der Waals surface area contributed by atoms with Crippen molar-refractivity contribution >= 4 is 17.6 Å². The van der Waals surface area contributed by atoms with Gasteiger partial charge < -0.3 is 15.3 Å². The van der Waals surface area contributed by atoms with Gasteiger partial charge in [0.25, 0.3) is 5.91 Å². The number of aliphatic hydroxyl groups excluding tert-OH is 1. The minimum absolute atomic E-state index is 0.0347.